The number of fused-ring (bicyclic) bond motifs is 1. The van der Waals surface area contributed by atoms with Crippen molar-refractivity contribution in [2.24, 2.45) is 0 Å². The molecule has 18 heavy (non-hydrogen) atoms. The zero-order valence-corrected chi connectivity index (χ0v) is 11.8. The van der Waals surface area contributed by atoms with Crippen molar-refractivity contribution in [2.75, 3.05) is 24.7 Å². The van der Waals surface area contributed by atoms with Gasteiger partial charge in [-0.05, 0) is 48.1 Å². The Morgan fingerprint density at radius 3 is 2.94 bits per heavy atom. The lowest BCUT2D eigenvalue weighted by molar-refractivity contribution is 0.296. The number of nitrogens with one attached hydrogen (secondary N) is 1. The van der Waals surface area contributed by atoms with Crippen LogP contribution in [0.4, 0.5) is 0 Å². The lowest BCUT2D eigenvalue weighted by atomic mass is 10.1. The van der Waals surface area contributed by atoms with E-state index >= 15 is 0 Å². The molecule has 0 spiro atoms. The van der Waals surface area contributed by atoms with Gasteiger partial charge in [0.25, 0.3) is 0 Å². The highest BCUT2D eigenvalue weighted by Gasteiger charge is 2.10. The molecular weight excluding hydrogens is 242 g/mol. The first-order valence-electron chi connectivity index (χ1n) is 6.90. The maximum Gasteiger partial charge on any atom is 0.0438 e. The Morgan fingerprint density at radius 2 is 2.06 bits per heavy atom. The van der Waals surface area contributed by atoms with Gasteiger partial charge >= 0.3 is 0 Å². The first-order chi connectivity index (χ1) is 8.90. The van der Waals surface area contributed by atoms with E-state index in [-0.39, 0.29) is 0 Å². The zero-order valence-electron chi connectivity index (χ0n) is 11.0. The quantitative estimate of drug-likeness (QED) is 0.708. The Balaban J connectivity index is 1.62. The van der Waals surface area contributed by atoms with E-state index in [1.807, 2.05) is 11.8 Å². The largest absolute Gasteiger partial charge is 0.396 e. The van der Waals surface area contributed by atoms with Crippen molar-refractivity contribution < 1.29 is 5.11 Å². The van der Waals surface area contributed by atoms with Crippen LogP contribution in [0.3, 0.4) is 0 Å². The number of rotatable bonds is 8. The second-order valence-electron chi connectivity index (χ2n) is 4.82. The van der Waals surface area contributed by atoms with Crippen LogP contribution in [-0.2, 0) is 19.4 Å². The normalized spacial score (nSPS) is 13.8. The fourth-order valence-electron chi connectivity index (χ4n) is 2.38. The molecule has 0 bridgehead atoms. The van der Waals surface area contributed by atoms with Gasteiger partial charge in [0.05, 0.1) is 0 Å². The standard InChI is InChI=1S/C15H23NOS/c17-8-2-9-18-10-7-16-12-13-5-6-14-3-1-4-15(14)11-13/h5-6,11,16-17H,1-4,7-10,12H2. The molecule has 0 amide bonds. The highest BCUT2D eigenvalue weighted by atomic mass is 32.2. The molecule has 3 heteroatoms. The van der Waals surface area contributed by atoms with E-state index < -0.39 is 0 Å². The number of hydrogen-bond donors (Lipinski definition) is 2. The van der Waals surface area contributed by atoms with Crippen LogP contribution in [0, 0.1) is 0 Å². The minimum atomic E-state index is 0.315. The van der Waals surface area contributed by atoms with E-state index in [1.165, 1.54) is 24.8 Å². The molecule has 0 saturated heterocycles. The summed E-state index contributed by atoms with van der Waals surface area (Å²) in [6.07, 6.45) is 4.77. The maximum atomic E-state index is 8.67. The van der Waals surface area contributed by atoms with Gasteiger partial charge in [0.1, 0.15) is 0 Å². The summed E-state index contributed by atoms with van der Waals surface area (Å²) in [5, 5.41) is 12.2. The van der Waals surface area contributed by atoms with Gasteiger partial charge in [0.15, 0.2) is 0 Å². The highest BCUT2D eigenvalue weighted by Crippen LogP contribution is 2.22. The van der Waals surface area contributed by atoms with E-state index in [0.29, 0.717) is 6.61 Å². The third-order valence-electron chi connectivity index (χ3n) is 3.36. The summed E-state index contributed by atoms with van der Waals surface area (Å²) in [4.78, 5) is 0. The molecule has 0 unspecified atom stereocenters. The van der Waals surface area contributed by atoms with Gasteiger partial charge in [-0.2, -0.15) is 11.8 Å². The molecular formula is C15H23NOS. The minimum absolute atomic E-state index is 0.315. The van der Waals surface area contributed by atoms with Crippen LogP contribution in [0.2, 0.25) is 0 Å². The highest BCUT2D eigenvalue weighted by molar-refractivity contribution is 7.99. The summed E-state index contributed by atoms with van der Waals surface area (Å²) in [6.45, 7) is 2.34. The SMILES string of the molecule is OCCCSCCNCc1ccc2c(c1)CCC2. The van der Waals surface area contributed by atoms with Gasteiger partial charge in [0, 0.05) is 25.4 Å². The predicted molar refractivity (Wildman–Crippen MR) is 79.2 cm³/mol. The maximum absolute atomic E-state index is 8.67. The van der Waals surface area contributed by atoms with Gasteiger partial charge in [-0.25, -0.2) is 0 Å². The van der Waals surface area contributed by atoms with Gasteiger partial charge in [-0.3, -0.25) is 0 Å². The lowest BCUT2D eigenvalue weighted by Crippen LogP contribution is -2.16. The average Bonchev–Trinajstić information content (AvgIpc) is 2.85. The van der Waals surface area contributed by atoms with Crippen molar-refractivity contribution in [3.8, 4) is 0 Å². The molecule has 0 atom stereocenters. The second-order valence-corrected chi connectivity index (χ2v) is 6.05. The monoisotopic (exact) mass is 265 g/mol. The molecule has 2 N–H and O–H groups in total. The van der Waals surface area contributed by atoms with E-state index in [4.69, 9.17) is 5.11 Å². The summed E-state index contributed by atoms with van der Waals surface area (Å²) in [5.41, 5.74) is 4.53. The molecule has 0 radical (unpaired) electrons. The topological polar surface area (TPSA) is 32.3 Å². The van der Waals surface area contributed by atoms with Crippen LogP contribution in [0.5, 0.6) is 0 Å². The van der Waals surface area contributed by atoms with Gasteiger partial charge in [-0.15, -0.1) is 0 Å². The van der Waals surface area contributed by atoms with Gasteiger partial charge in [-0.1, -0.05) is 18.2 Å². The van der Waals surface area contributed by atoms with Crippen molar-refractivity contribution >= 4 is 11.8 Å². The Morgan fingerprint density at radius 1 is 1.17 bits per heavy atom. The Labute approximate surface area is 114 Å². The van der Waals surface area contributed by atoms with Crippen molar-refractivity contribution in [2.45, 2.75) is 32.2 Å². The smallest absolute Gasteiger partial charge is 0.0438 e. The molecule has 1 aromatic rings. The van der Waals surface area contributed by atoms with Crippen LogP contribution in [-0.4, -0.2) is 29.8 Å². The van der Waals surface area contributed by atoms with E-state index in [0.717, 1.165) is 31.0 Å². The summed E-state index contributed by atoms with van der Waals surface area (Å²) >= 11 is 1.91. The number of benzene rings is 1. The van der Waals surface area contributed by atoms with Crippen LogP contribution < -0.4 is 5.32 Å². The van der Waals surface area contributed by atoms with Crippen LogP contribution in [0.25, 0.3) is 0 Å². The number of aryl methyl sites for hydroxylation is 2. The molecule has 0 saturated carbocycles. The Kier molecular flexibility index (Phi) is 6.05. The molecule has 1 aliphatic rings. The molecule has 0 aromatic heterocycles. The fraction of sp³-hybridized carbons (Fsp3) is 0.600. The number of thioether (sulfide) groups is 1. The first kappa shape index (κ1) is 13.9. The molecule has 2 rings (SSSR count). The Hall–Kier alpha value is -0.510. The van der Waals surface area contributed by atoms with E-state index in [9.17, 15) is 0 Å². The molecule has 100 valence electrons. The first-order valence-corrected chi connectivity index (χ1v) is 8.05. The van der Waals surface area contributed by atoms with Crippen LogP contribution in [0.15, 0.2) is 18.2 Å². The third kappa shape index (κ3) is 4.30. The molecule has 0 fully saturated rings. The predicted octanol–water partition coefficient (Wildman–Crippen LogP) is 2.38. The summed E-state index contributed by atoms with van der Waals surface area (Å²) in [5.74, 6) is 2.20. The van der Waals surface area contributed by atoms with E-state index in [1.54, 1.807) is 11.1 Å². The minimum Gasteiger partial charge on any atom is -0.396 e. The molecule has 0 heterocycles. The fourth-order valence-corrected chi connectivity index (χ4v) is 3.21. The van der Waals surface area contributed by atoms with Crippen molar-refractivity contribution in [3.63, 3.8) is 0 Å². The molecule has 2 nitrogen and oxygen atoms in total. The van der Waals surface area contributed by atoms with E-state index in [2.05, 4.69) is 23.5 Å². The van der Waals surface area contributed by atoms with Crippen molar-refractivity contribution in [1.82, 2.24) is 5.32 Å². The second kappa shape index (κ2) is 7.82. The average molecular weight is 265 g/mol. The van der Waals surface area contributed by atoms with Crippen molar-refractivity contribution in [1.29, 1.82) is 0 Å². The molecule has 1 aromatic carbocycles. The van der Waals surface area contributed by atoms with Crippen LogP contribution >= 0.6 is 11.8 Å². The summed E-state index contributed by atoms with van der Waals surface area (Å²) < 4.78 is 0. The lowest BCUT2D eigenvalue weighted by Gasteiger charge is -2.07. The number of aliphatic hydroxyl groups excluding tert-OH is 1. The summed E-state index contributed by atoms with van der Waals surface area (Å²) in [7, 11) is 0. The van der Waals surface area contributed by atoms with Crippen LogP contribution in [0.1, 0.15) is 29.5 Å². The van der Waals surface area contributed by atoms with Gasteiger partial charge < -0.3 is 10.4 Å². The van der Waals surface area contributed by atoms with Crippen molar-refractivity contribution in [3.05, 3.63) is 34.9 Å². The van der Waals surface area contributed by atoms with Gasteiger partial charge in [0.2, 0.25) is 0 Å². The molecule has 0 aliphatic heterocycles. The molecule has 1 aliphatic carbocycles. The third-order valence-corrected chi connectivity index (χ3v) is 4.43. The number of hydrogen-bond acceptors (Lipinski definition) is 3. The Bertz CT molecular complexity index is 368. The summed E-state index contributed by atoms with van der Waals surface area (Å²) in [6, 6.07) is 6.93. The zero-order chi connectivity index (χ0) is 12.6. The number of aliphatic hydroxyl groups is 1.